The highest BCUT2D eigenvalue weighted by molar-refractivity contribution is 5.78. The molecule has 23 heavy (non-hydrogen) atoms. The van der Waals surface area contributed by atoms with E-state index in [9.17, 15) is 4.79 Å². The van der Waals surface area contributed by atoms with Gasteiger partial charge in [-0.1, -0.05) is 43.2 Å². The Kier molecular flexibility index (Phi) is 7.56. The standard InChI is InChI=1S/C19H31N3O/c1-21(2)15-12-18(17-10-6-5-7-11-17)20-19(23)16-22-13-8-3-4-9-14-22/h5-7,10-11,18H,3-4,8-9,12-16H2,1-2H3,(H,20,23). The van der Waals surface area contributed by atoms with E-state index in [4.69, 9.17) is 0 Å². The Hall–Kier alpha value is -1.39. The lowest BCUT2D eigenvalue weighted by Gasteiger charge is -2.24. The van der Waals surface area contributed by atoms with Crippen LogP contribution in [0.15, 0.2) is 30.3 Å². The summed E-state index contributed by atoms with van der Waals surface area (Å²) < 4.78 is 0. The molecule has 4 heteroatoms. The lowest BCUT2D eigenvalue weighted by atomic mass is 10.0. The third kappa shape index (κ3) is 6.71. The fourth-order valence-electron chi connectivity index (χ4n) is 3.13. The first-order valence-electron chi connectivity index (χ1n) is 8.86. The lowest BCUT2D eigenvalue weighted by Crippen LogP contribution is -2.40. The summed E-state index contributed by atoms with van der Waals surface area (Å²) >= 11 is 0. The first-order chi connectivity index (χ1) is 11.1. The van der Waals surface area contributed by atoms with Crippen LogP contribution in [0.4, 0.5) is 0 Å². The van der Waals surface area contributed by atoms with E-state index in [0.29, 0.717) is 6.54 Å². The van der Waals surface area contributed by atoms with Gasteiger partial charge in [-0.15, -0.1) is 0 Å². The molecule has 1 saturated heterocycles. The smallest absolute Gasteiger partial charge is 0.234 e. The number of benzene rings is 1. The summed E-state index contributed by atoms with van der Waals surface area (Å²) in [5.41, 5.74) is 1.19. The van der Waals surface area contributed by atoms with Crippen molar-refractivity contribution in [2.45, 2.75) is 38.1 Å². The fourth-order valence-corrected chi connectivity index (χ4v) is 3.13. The number of nitrogens with one attached hydrogen (secondary N) is 1. The monoisotopic (exact) mass is 317 g/mol. The summed E-state index contributed by atoms with van der Waals surface area (Å²) in [5.74, 6) is 0.152. The summed E-state index contributed by atoms with van der Waals surface area (Å²) in [6.07, 6.45) is 5.97. The van der Waals surface area contributed by atoms with Crippen LogP contribution in [0, 0.1) is 0 Å². The molecular formula is C19H31N3O. The quantitative estimate of drug-likeness (QED) is 0.840. The average Bonchev–Trinajstić information content (AvgIpc) is 2.80. The molecule has 1 aromatic rings. The van der Waals surface area contributed by atoms with Gasteiger partial charge in [0.2, 0.25) is 5.91 Å². The maximum atomic E-state index is 12.5. The van der Waals surface area contributed by atoms with Crippen LogP contribution in [0.25, 0.3) is 0 Å². The maximum Gasteiger partial charge on any atom is 0.234 e. The second-order valence-electron chi connectivity index (χ2n) is 6.81. The summed E-state index contributed by atoms with van der Waals surface area (Å²) in [6.45, 7) is 3.61. The number of rotatable bonds is 7. The molecule has 2 rings (SSSR count). The van der Waals surface area contributed by atoms with Crippen molar-refractivity contribution < 1.29 is 4.79 Å². The van der Waals surface area contributed by atoms with Crippen LogP contribution in [-0.2, 0) is 4.79 Å². The Bertz CT molecular complexity index is 453. The van der Waals surface area contributed by atoms with Crippen molar-refractivity contribution in [3.8, 4) is 0 Å². The van der Waals surface area contributed by atoms with Crippen LogP contribution in [-0.4, -0.2) is 56.0 Å². The molecule has 128 valence electrons. The number of likely N-dealkylation sites (tertiary alicyclic amines) is 1. The molecular weight excluding hydrogens is 286 g/mol. The molecule has 0 spiro atoms. The van der Waals surface area contributed by atoms with Gasteiger partial charge in [0.15, 0.2) is 0 Å². The predicted molar refractivity (Wildman–Crippen MR) is 95.4 cm³/mol. The molecule has 0 bridgehead atoms. The molecule has 1 aliphatic rings. The van der Waals surface area contributed by atoms with Crippen molar-refractivity contribution in [1.82, 2.24) is 15.1 Å². The molecule has 1 atom stereocenters. The van der Waals surface area contributed by atoms with Crippen molar-refractivity contribution in [2.75, 3.05) is 40.3 Å². The van der Waals surface area contributed by atoms with Crippen LogP contribution in [0.5, 0.6) is 0 Å². The lowest BCUT2D eigenvalue weighted by molar-refractivity contribution is -0.123. The number of hydrogen-bond acceptors (Lipinski definition) is 3. The Morgan fingerprint density at radius 3 is 2.39 bits per heavy atom. The summed E-state index contributed by atoms with van der Waals surface area (Å²) in [5, 5.41) is 3.25. The molecule has 1 fully saturated rings. The van der Waals surface area contributed by atoms with Gasteiger partial charge < -0.3 is 10.2 Å². The van der Waals surface area contributed by atoms with Gasteiger partial charge in [0, 0.05) is 0 Å². The van der Waals surface area contributed by atoms with Gasteiger partial charge in [0.1, 0.15) is 0 Å². The first-order valence-corrected chi connectivity index (χ1v) is 8.86. The van der Waals surface area contributed by atoms with E-state index in [1.807, 2.05) is 18.2 Å². The average molecular weight is 317 g/mol. The molecule has 1 heterocycles. The molecule has 4 nitrogen and oxygen atoms in total. The Labute approximate surface area is 140 Å². The SMILES string of the molecule is CN(C)CCC(NC(=O)CN1CCCCCC1)c1ccccc1. The Balaban J connectivity index is 1.91. The summed E-state index contributed by atoms with van der Waals surface area (Å²) in [6, 6.07) is 10.4. The second-order valence-corrected chi connectivity index (χ2v) is 6.81. The van der Waals surface area contributed by atoms with E-state index >= 15 is 0 Å². The third-order valence-corrected chi connectivity index (χ3v) is 4.47. The van der Waals surface area contributed by atoms with Crippen molar-refractivity contribution in [3.05, 3.63) is 35.9 Å². The van der Waals surface area contributed by atoms with Gasteiger partial charge in [0.25, 0.3) is 0 Å². The van der Waals surface area contributed by atoms with Gasteiger partial charge in [-0.3, -0.25) is 9.69 Å². The van der Waals surface area contributed by atoms with Gasteiger partial charge in [-0.25, -0.2) is 0 Å². The first kappa shape index (κ1) is 18.0. The van der Waals surface area contributed by atoms with Crippen LogP contribution >= 0.6 is 0 Å². The minimum absolute atomic E-state index is 0.0954. The zero-order valence-electron chi connectivity index (χ0n) is 14.6. The van der Waals surface area contributed by atoms with Gasteiger partial charge >= 0.3 is 0 Å². The largest absolute Gasteiger partial charge is 0.348 e. The van der Waals surface area contributed by atoms with E-state index in [2.05, 4.69) is 41.3 Å². The molecule has 0 saturated carbocycles. The molecule has 1 aromatic carbocycles. The van der Waals surface area contributed by atoms with E-state index in [1.54, 1.807) is 0 Å². The highest BCUT2D eigenvalue weighted by Gasteiger charge is 2.17. The summed E-state index contributed by atoms with van der Waals surface area (Å²) in [7, 11) is 4.14. The molecule has 0 radical (unpaired) electrons. The number of carbonyl (C=O) groups excluding carboxylic acids is 1. The topological polar surface area (TPSA) is 35.6 Å². The number of nitrogens with zero attached hydrogens (tertiary/aromatic N) is 2. The van der Waals surface area contributed by atoms with Crippen molar-refractivity contribution in [1.29, 1.82) is 0 Å². The van der Waals surface area contributed by atoms with Crippen LogP contribution in [0.3, 0.4) is 0 Å². The van der Waals surface area contributed by atoms with Gasteiger partial charge in [-0.2, -0.15) is 0 Å². The Morgan fingerprint density at radius 1 is 1.13 bits per heavy atom. The van der Waals surface area contributed by atoms with E-state index in [-0.39, 0.29) is 11.9 Å². The second kappa shape index (κ2) is 9.68. The van der Waals surface area contributed by atoms with E-state index in [1.165, 1.54) is 31.2 Å². The zero-order chi connectivity index (χ0) is 16.5. The van der Waals surface area contributed by atoms with E-state index < -0.39 is 0 Å². The number of carbonyl (C=O) groups is 1. The molecule has 1 amide bonds. The van der Waals surface area contributed by atoms with Crippen molar-refractivity contribution in [2.24, 2.45) is 0 Å². The Morgan fingerprint density at radius 2 is 1.78 bits per heavy atom. The normalized spacial score (nSPS) is 17.7. The molecule has 1 unspecified atom stereocenters. The molecule has 1 aliphatic heterocycles. The predicted octanol–water partition coefficient (Wildman–Crippen LogP) is 2.67. The highest BCUT2D eigenvalue weighted by Crippen LogP contribution is 2.17. The molecule has 0 aliphatic carbocycles. The van der Waals surface area contributed by atoms with Crippen LogP contribution in [0.2, 0.25) is 0 Å². The maximum absolute atomic E-state index is 12.5. The molecule has 1 N–H and O–H groups in total. The molecule has 0 aromatic heterocycles. The van der Waals surface area contributed by atoms with Gasteiger partial charge in [-0.05, 0) is 58.6 Å². The number of amides is 1. The summed E-state index contributed by atoms with van der Waals surface area (Å²) in [4.78, 5) is 17.0. The van der Waals surface area contributed by atoms with E-state index in [0.717, 1.165) is 26.1 Å². The van der Waals surface area contributed by atoms with Crippen LogP contribution in [0.1, 0.15) is 43.7 Å². The fraction of sp³-hybridized carbons (Fsp3) is 0.632. The van der Waals surface area contributed by atoms with Crippen molar-refractivity contribution >= 4 is 5.91 Å². The highest BCUT2D eigenvalue weighted by atomic mass is 16.2. The van der Waals surface area contributed by atoms with Crippen molar-refractivity contribution in [3.63, 3.8) is 0 Å². The zero-order valence-corrected chi connectivity index (χ0v) is 14.6. The number of hydrogen-bond donors (Lipinski definition) is 1. The minimum Gasteiger partial charge on any atom is -0.348 e. The minimum atomic E-state index is 0.0954. The van der Waals surface area contributed by atoms with Crippen LogP contribution < -0.4 is 5.32 Å². The van der Waals surface area contributed by atoms with Gasteiger partial charge in [0.05, 0.1) is 12.6 Å². The third-order valence-electron chi connectivity index (χ3n) is 4.47.